The van der Waals surface area contributed by atoms with Gasteiger partial charge < -0.3 is 19.3 Å². The maximum absolute atomic E-state index is 12.4. The molecule has 0 rings (SSSR count). The van der Waals surface area contributed by atoms with Crippen molar-refractivity contribution in [1.82, 2.24) is 0 Å². The average Bonchev–Trinajstić information content (AvgIpc) is 3.17. The van der Waals surface area contributed by atoms with E-state index in [1.54, 1.807) is 0 Å². The Morgan fingerprint density at radius 1 is 0.446 bits per heavy atom. The summed E-state index contributed by atoms with van der Waals surface area (Å²) in [5, 5.41) is 0. The lowest BCUT2D eigenvalue weighted by molar-refractivity contribution is -0.161. The Morgan fingerprint density at radius 2 is 0.732 bits per heavy atom. The van der Waals surface area contributed by atoms with Crippen LogP contribution in [0.4, 0.5) is 0 Å². The monoisotopic (exact) mass is 792 g/mol. The molecule has 310 valence electrons. The molecule has 2 N–H and O–H groups in total. The van der Waals surface area contributed by atoms with Gasteiger partial charge in [-0.2, -0.15) is 0 Å². The SMILES string of the molecule is CC/C=C\C/C=C\C/C=C\C/C=C\C/C=C\C/C=C\CCC(=O)OC[C@H](COP(=O)(O)O)OC(=O)CC/C=C\C/C=C\C/C=C\C/C=C\C/C=C\C/C=C\CC. The molecule has 0 radical (unpaired) electrons. The Morgan fingerprint density at radius 3 is 1.04 bits per heavy atom. The summed E-state index contributed by atoms with van der Waals surface area (Å²) in [5.41, 5.74) is 0. The highest BCUT2D eigenvalue weighted by atomic mass is 31.2. The number of carbonyl (C=O) groups excluding carboxylic acids is 2. The van der Waals surface area contributed by atoms with Crippen molar-refractivity contribution in [3.63, 3.8) is 0 Å². The maximum Gasteiger partial charge on any atom is 0.469 e. The lowest BCUT2D eigenvalue weighted by Gasteiger charge is -2.18. The molecular formula is C47H69O8P. The van der Waals surface area contributed by atoms with E-state index in [4.69, 9.17) is 19.3 Å². The Labute approximate surface area is 338 Å². The topological polar surface area (TPSA) is 119 Å². The Balaban J connectivity index is 4.24. The summed E-state index contributed by atoms with van der Waals surface area (Å²) >= 11 is 0. The van der Waals surface area contributed by atoms with E-state index in [1.165, 1.54) is 0 Å². The highest BCUT2D eigenvalue weighted by molar-refractivity contribution is 7.46. The summed E-state index contributed by atoms with van der Waals surface area (Å²) in [7, 11) is -4.80. The number of phosphoric ester groups is 1. The molecule has 8 nitrogen and oxygen atoms in total. The second-order valence-electron chi connectivity index (χ2n) is 12.5. The van der Waals surface area contributed by atoms with Crippen molar-refractivity contribution >= 4 is 19.8 Å². The molecule has 9 heteroatoms. The zero-order chi connectivity index (χ0) is 41.1. The molecule has 0 aliphatic rings. The third-order valence-corrected chi connectivity index (χ3v) is 7.87. The van der Waals surface area contributed by atoms with E-state index in [9.17, 15) is 14.2 Å². The van der Waals surface area contributed by atoms with Gasteiger partial charge in [0.15, 0.2) is 6.10 Å². The van der Waals surface area contributed by atoms with Gasteiger partial charge in [0.1, 0.15) is 6.61 Å². The molecule has 0 unspecified atom stereocenters. The van der Waals surface area contributed by atoms with Crippen LogP contribution in [0.15, 0.2) is 146 Å². The van der Waals surface area contributed by atoms with Gasteiger partial charge in [0.25, 0.3) is 0 Å². The lowest BCUT2D eigenvalue weighted by atomic mass is 10.2. The second-order valence-corrected chi connectivity index (χ2v) is 13.7. The summed E-state index contributed by atoms with van der Waals surface area (Å²) < 4.78 is 26.2. The number of hydrogen-bond donors (Lipinski definition) is 2. The highest BCUT2D eigenvalue weighted by Gasteiger charge is 2.22. The van der Waals surface area contributed by atoms with Gasteiger partial charge in [-0.05, 0) is 89.9 Å². The molecule has 0 aromatic carbocycles. The fourth-order valence-corrected chi connectivity index (χ4v) is 4.84. The van der Waals surface area contributed by atoms with E-state index >= 15 is 0 Å². The zero-order valence-corrected chi connectivity index (χ0v) is 34.8. The van der Waals surface area contributed by atoms with Crippen molar-refractivity contribution in [1.29, 1.82) is 0 Å². The van der Waals surface area contributed by atoms with E-state index in [2.05, 4.69) is 140 Å². The molecule has 0 aromatic rings. The largest absolute Gasteiger partial charge is 0.469 e. The first-order chi connectivity index (χ1) is 27.3. The van der Waals surface area contributed by atoms with Gasteiger partial charge in [-0.25, -0.2) is 4.57 Å². The summed E-state index contributed by atoms with van der Waals surface area (Å²) in [4.78, 5) is 42.7. The van der Waals surface area contributed by atoms with Crippen LogP contribution in [0.2, 0.25) is 0 Å². The van der Waals surface area contributed by atoms with E-state index in [1.807, 2.05) is 24.3 Å². The molecular weight excluding hydrogens is 723 g/mol. The van der Waals surface area contributed by atoms with Crippen molar-refractivity contribution in [2.45, 2.75) is 123 Å². The smallest absolute Gasteiger partial charge is 0.462 e. The highest BCUT2D eigenvalue weighted by Crippen LogP contribution is 2.35. The van der Waals surface area contributed by atoms with E-state index in [-0.39, 0.29) is 19.4 Å². The Kier molecular flexibility index (Phi) is 37.6. The Hall–Kier alpha value is -4.07. The van der Waals surface area contributed by atoms with Gasteiger partial charge in [0.2, 0.25) is 0 Å². The van der Waals surface area contributed by atoms with Crippen molar-refractivity contribution < 1.29 is 37.9 Å². The molecule has 0 aromatic heterocycles. The summed E-state index contributed by atoms with van der Waals surface area (Å²) in [5.74, 6) is -1.10. The van der Waals surface area contributed by atoms with Crippen LogP contribution in [0.1, 0.15) is 117 Å². The van der Waals surface area contributed by atoms with Gasteiger partial charge in [-0.3, -0.25) is 14.1 Å². The summed E-state index contributed by atoms with van der Waals surface area (Å²) in [6.45, 7) is 3.30. The van der Waals surface area contributed by atoms with Crippen LogP contribution in [0.25, 0.3) is 0 Å². The summed E-state index contributed by atoms with van der Waals surface area (Å²) in [6, 6.07) is 0. The van der Waals surface area contributed by atoms with E-state index in [0.717, 1.165) is 77.0 Å². The first-order valence-corrected chi connectivity index (χ1v) is 21.7. The predicted molar refractivity (Wildman–Crippen MR) is 234 cm³/mol. The van der Waals surface area contributed by atoms with Gasteiger partial charge >= 0.3 is 19.8 Å². The number of ether oxygens (including phenoxy) is 2. The quantitative estimate of drug-likeness (QED) is 0.0375. The molecule has 0 aliphatic carbocycles. The molecule has 0 saturated heterocycles. The normalized spacial score (nSPS) is 14.0. The van der Waals surface area contributed by atoms with E-state index < -0.39 is 32.5 Å². The molecule has 0 fully saturated rings. The van der Waals surface area contributed by atoms with Gasteiger partial charge in [-0.15, -0.1) is 0 Å². The number of esters is 2. The van der Waals surface area contributed by atoms with Crippen LogP contribution in [0, 0.1) is 0 Å². The van der Waals surface area contributed by atoms with Gasteiger partial charge in [-0.1, -0.05) is 160 Å². The number of rotatable bonds is 34. The second kappa shape index (κ2) is 40.6. The third-order valence-electron chi connectivity index (χ3n) is 7.38. The minimum atomic E-state index is -4.80. The minimum absolute atomic E-state index is 0.0607. The number of phosphoric acid groups is 1. The Bertz CT molecular complexity index is 1400. The van der Waals surface area contributed by atoms with Crippen LogP contribution in [-0.2, 0) is 28.2 Å². The van der Waals surface area contributed by atoms with Gasteiger partial charge in [0.05, 0.1) is 6.61 Å². The van der Waals surface area contributed by atoms with Crippen molar-refractivity contribution in [3.05, 3.63) is 146 Å². The van der Waals surface area contributed by atoms with Crippen molar-refractivity contribution in [2.75, 3.05) is 13.2 Å². The lowest BCUT2D eigenvalue weighted by Crippen LogP contribution is -2.29. The first-order valence-electron chi connectivity index (χ1n) is 20.1. The molecule has 56 heavy (non-hydrogen) atoms. The zero-order valence-electron chi connectivity index (χ0n) is 34.0. The number of carbonyl (C=O) groups is 2. The fourth-order valence-electron chi connectivity index (χ4n) is 4.48. The van der Waals surface area contributed by atoms with Crippen LogP contribution < -0.4 is 0 Å². The minimum Gasteiger partial charge on any atom is -0.462 e. The molecule has 0 saturated carbocycles. The number of allylic oxidation sites excluding steroid dienone is 24. The molecule has 0 spiro atoms. The molecule has 0 bridgehead atoms. The molecule has 0 heterocycles. The first kappa shape index (κ1) is 51.9. The van der Waals surface area contributed by atoms with Gasteiger partial charge in [0, 0.05) is 12.8 Å². The number of hydrogen-bond acceptors (Lipinski definition) is 6. The molecule has 1 atom stereocenters. The molecule has 0 aliphatic heterocycles. The van der Waals surface area contributed by atoms with Crippen LogP contribution in [0.5, 0.6) is 0 Å². The van der Waals surface area contributed by atoms with Crippen LogP contribution in [0.3, 0.4) is 0 Å². The fraction of sp³-hybridized carbons (Fsp3) is 0.447. The average molecular weight is 793 g/mol. The van der Waals surface area contributed by atoms with Crippen molar-refractivity contribution in [2.24, 2.45) is 0 Å². The summed E-state index contributed by atoms with van der Waals surface area (Å²) in [6.07, 6.45) is 61.6. The molecule has 0 amide bonds. The van der Waals surface area contributed by atoms with Crippen LogP contribution >= 0.6 is 7.82 Å². The van der Waals surface area contributed by atoms with Crippen molar-refractivity contribution in [3.8, 4) is 0 Å². The standard InChI is InChI=1S/C47H69O8P/c1-3-5-7-9-11-13-15-17-19-21-23-25-27-29-31-33-35-37-39-41-46(48)53-43-45(44-54-56(50,51)52)55-47(49)42-40-38-36-34-32-30-28-26-24-22-20-18-16-14-12-10-8-6-4-2/h5-8,11-14,17-20,23-26,29-32,35-38,45H,3-4,9-10,15-16,21-22,27-28,33-34,39-44H2,1-2H3,(H2,50,51,52)/b7-5-,8-6-,13-11-,14-12-,19-17-,20-18-,25-23-,26-24-,31-29-,32-30-,37-35-,38-36-/t45-/m1/s1. The third kappa shape index (κ3) is 42.7. The maximum atomic E-state index is 12.4. The predicted octanol–water partition coefficient (Wildman–Crippen LogP) is 12.5. The van der Waals surface area contributed by atoms with Crippen LogP contribution in [-0.4, -0.2) is 41.0 Å². The van der Waals surface area contributed by atoms with E-state index in [0.29, 0.717) is 12.8 Å².